The number of non-ortho nitro benzene ring substituents is 1. The highest BCUT2D eigenvalue weighted by Gasteiger charge is 2.38. The number of amides is 3. The summed E-state index contributed by atoms with van der Waals surface area (Å²) in [4.78, 5) is 52.0. The van der Waals surface area contributed by atoms with Crippen LogP contribution < -0.4 is 4.90 Å². The first kappa shape index (κ1) is 20.0. The molecule has 0 radical (unpaired) electrons. The van der Waals surface area contributed by atoms with Gasteiger partial charge in [-0.15, -0.1) is 0 Å². The van der Waals surface area contributed by atoms with Gasteiger partial charge in [0.25, 0.3) is 17.5 Å². The smallest absolute Gasteiger partial charge is 0.270 e. The second kappa shape index (κ2) is 7.70. The summed E-state index contributed by atoms with van der Waals surface area (Å²) in [6.07, 6.45) is 0. The van der Waals surface area contributed by atoms with Crippen molar-refractivity contribution in [1.82, 2.24) is 9.80 Å². The fourth-order valence-electron chi connectivity index (χ4n) is 3.05. The number of hydrogen-bond donors (Lipinski definition) is 0. The van der Waals surface area contributed by atoms with Gasteiger partial charge in [-0.05, 0) is 23.8 Å². The van der Waals surface area contributed by atoms with Gasteiger partial charge in [0.1, 0.15) is 6.54 Å². The van der Waals surface area contributed by atoms with E-state index in [-0.39, 0.29) is 16.8 Å². The van der Waals surface area contributed by atoms with Crippen LogP contribution in [0.2, 0.25) is 0 Å². The lowest BCUT2D eigenvalue weighted by Gasteiger charge is -2.21. The van der Waals surface area contributed by atoms with Gasteiger partial charge < -0.3 is 9.80 Å². The Morgan fingerprint density at radius 3 is 2.21 bits per heavy atom. The van der Waals surface area contributed by atoms with E-state index in [1.807, 2.05) is 43.3 Å². The van der Waals surface area contributed by atoms with Crippen molar-refractivity contribution < 1.29 is 19.3 Å². The molecule has 150 valence electrons. The molecule has 0 aromatic heterocycles. The quantitative estimate of drug-likeness (QED) is 0.420. The molecule has 0 N–H and O–H groups in total. The van der Waals surface area contributed by atoms with E-state index in [1.165, 1.54) is 17.0 Å². The maximum absolute atomic E-state index is 12.6. The van der Waals surface area contributed by atoms with E-state index in [4.69, 9.17) is 0 Å². The number of hydrogen-bond acceptors (Lipinski definition) is 6. The molecule has 1 aliphatic heterocycles. The van der Waals surface area contributed by atoms with Crippen molar-refractivity contribution >= 4 is 29.1 Å². The minimum absolute atomic E-state index is 0.0565. The molecule has 0 atom stereocenters. The molecule has 0 fully saturated rings. The SMILES string of the molecule is CN(Cc1ccc(N(C)C)cc1)C(=O)CN1C(=O)c2ccc([N+](=O)[O-])cc2C1=O. The summed E-state index contributed by atoms with van der Waals surface area (Å²) >= 11 is 0. The van der Waals surface area contributed by atoms with Crippen molar-refractivity contribution in [3.8, 4) is 0 Å². The Bertz CT molecular complexity index is 1000. The molecule has 0 saturated carbocycles. The number of nitro groups is 1. The standard InChI is InChI=1S/C20H20N4O5/c1-21(2)14-6-4-13(5-7-14)11-22(3)18(25)12-23-19(26)16-9-8-15(24(28)29)10-17(16)20(23)27/h4-10H,11-12H2,1-3H3. The Morgan fingerprint density at radius 1 is 1.00 bits per heavy atom. The molecule has 0 unspecified atom stereocenters. The van der Waals surface area contributed by atoms with E-state index in [1.54, 1.807) is 7.05 Å². The molecule has 0 aliphatic carbocycles. The topological polar surface area (TPSA) is 104 Å². The van der Waals surface area contributed by atoms with Crippen LogP contribution >= 0.6 is 0 Å². The predicted molar refractivity (Wildman–Crippen MR) is 106 cm³/mol. The number of rotatable bonds is 6. The van der Waals surface area contributed by atoms with Crippen LogP contribution in [0.3, 0.4) is 0 Å². The van der Waals surface area contributed by atoms with Crippen LogP contribution in [0.1, 0.15) is 26.3 Å². The summed E-state index contributed by atoms with van der Waals surface area (Å²) in [5.41, 5.74) is 1.66. The first-order valence-electron chi connectivity index (χ1n) is 8.84. The van der Waals surface area contributed by atoms with Crippen molar-refractivity contribution in [2.24, 2.45) is 0 Å². The fourth-order valence-corrected chi connectivity index (χ4v) is 3.05. The fraction of sp³-hybridized carbons (Fsp3) is 0.250. The molecule has 2 aromatic rings. The number of carbonyl (C=O) groups is 3. The van der Waals surface area contributed by atoms with Gasteiger partial charge in [-0.25, -0.2) is 0 Å². The van der Waals surface area contributed by atoms with Gasteiger partial charge in [0, 0.05) is 45.5 Å². The van der Waals surface area contributed by atoms with Gasteiger partial charge in [0.05, 0.1) is 16.1 Å². The highest BCUT2D eigenvalue weighted by Crippen LogP contribution is 2.26. The molecule has 3 rings (SSSR count). The van der Waals surface area contributed by atoms with Gasteiger partial charge in [0.15, 0.2) is 0 Å². The molecule has 9 nitrogen and oxygen atoms in total. The average Bonchev–Trinajstić information content (AvgIpc) is 2.92. The summed E-state index contributed by atoms with van der Waals surface area (Å²) < 4.78 is 0. The number of imide groups is 1. The van der Waals surface area contributed by atoms with Crippen LogP contribution in [-0.4, -0.2) is 60.1 Å². The second-order valence-corrected chi connectivity index (χ2v) is 6.99. The highest BCUT2D eigenvalue weighted by atomic mass is 16.6. The summed E-state index contributed by atoms with van der Waals surface area (Å²) in [6, 6.07) is 11.2. The monoisotopic (exact) mass is 396 g/mol. The van der Waals surface area contributed by atoms with Gasteiger partial charge >= 0.3 is 0 Å². The lowest BCUT2D eigenvalue weighted by molar-refractivity contribution is -0.384. The predicted octanol–water partition coefficient (Wildman–Crippen LogP) is 1.92. The third-order valence-corrected chi connectivity index (χ3v) is 4.76. The lowest BCUT2D eigenvalue weighted by atomic mass is 10.1. The minimum Gasteiger partial charge on any atom is -0.378 e. The average molecular weight is 396 g/mol. The Balaban J connectivity index is 1.69. The molecule has 2 aromatic carbocycles. The van der Waals surface area contributed by atoms with Crippen LogP contribution in [0.5, 0.6) is 0 Å². The Hall–Kier alpha value is -3.75. The summed E-state index contributed by atoms with van der Waals surface area (Å²) in [7, 11) is 5.45. The third kappa shape index (κ3) is 3.93. The van der Waals surface area contributed by atoms with Crippen LogP contribution in [0.25, 0.3) is 0 Å². The number of benzene rings is 2. The van der Waals surface area contributed by atoms with Gasteiger partial charge in [-0.2, -0.15) is 0 Å². The first-order valence-corrected chi connectivity index (χ1v) is 8.84. The highest BCUT2D eigenvalue weighted by molar-refractivity contribution is 6.22. The van der Waals surface area contributed by atoms with E-state index in [0.29, 0.717) is 6.54 Å². The third-order valence-electron chi connectivity index (χ3n) is 4.76. The second-order valence-electron chi connectivity index (χ2n) is 6.99. The van der Waals surface area contributed by atoms with Crippen LogP contribution in [0.4, 0.5) is 11.4 Å². The zero-order valence-electron chi connectivity index (χ0n) is 16.3. The Morgan fingerprint density at radius 2 is 1.62 bits per heavy atom. The Labute approximate surface area is 167 Å². The summed E-state index contributed by atoms with van der Waals surface area (Å²) in [5.74, 6) is -1.74. The molecule has 1 aliphatic rings. The number of carbonyl (C=O) groups excluding carboxylic acids is 3. The van der Waals surface area contributed by atoms with Crippen LogP contribution in [0, 0.1) is 10.1 Å². The molecule has 29 heavy (non-hydrogen) atoms. The number of nitrogens with zero attached hydrogens (tertiary/aromatic N) is 4. The number of likely N-dealkylation sites (N-methyl/N-ethyl adjacent to an activating group) is 1. The summed E-state index contributed by atoms with van der Waals surface area (Å²) in [6.45, 7) is -0.104. The Kier molecular flexibility index (Phi) is 5.31. The zero-order valence-corrected chi connectivity index (χ0v) is 16.3. The largest absolute Gasteiger partial charge is 0.378 e. The molecular weight excluding hydrogens is 376 g/mol. The van der Waals surface area contributed by atoms with E-state index in [0.717, 1.165) is 22.2 Å². The van der Waals surface area contributed by atoms with E-state index in [2.05, 4.69) is 0 Å². The van der Waals surface area contributed by atoms with Crippen molar-refractivity contribution in [1.29, 1.82) is 0 Å². The van der Waals surface area contributed by atoms with E-state index < -0.39 is 29.2 Å². The molecule has 0 saturated heterocycles. The number of anilines is 1. The van der Waals surface area contributed by atoms with Crippen molar-refractivity contribution in [3.63, 3.8) is 0 Å². The van der Waals surface area contributed by atoms with E-state index >= 15 is 0 Å². The molecule has 3 amide bonds. The van der Waals surface area contributed by atoms with Crippen molar-refractivity contribution in [2.45, 2.75) is 6.54 Å². The molecule has 9 heteroatoms. The first-order chi connectivity index (χ1) is 13.7. The summed E-state index contributed by atoms with van der Waals surface area (Å²) in [5, 5.41) is 10.9. The minimum atomic E-state index is -0.703. The van der Waals surface area contributed by atoms with Crippen LogP contribution in [-0.2, 0) is 11.3 Å². The van der Waals surface area contributed by atoms with Gasteiger partial charge in [-0.3, -0.25) is 29.4 Å². The van der Waals surface area contributed by atoms with Crippen molar-refractivity contribution in [3.05, 3.63) is 69.3 Å². The van der Waals surface area contributed by atoms with Crippen molar-refractivity contribution in [2.75, 3.05) is 32.6 Å². The zero-order chi connectivity index (χ0) is 21.3. The normalized spacial score (nSPS) is 12.7. The molecule has 1 heterocycles. The van der Waals surface area contributed by atoms with Gasteiger partial charge in [-0.1, -0.05) is 12.1 Å². The molecular formula is C20H20N4O5. The number of fused-ring (bicyclic) bond motifs is 1. The van der Waals surface area contributed by atoms with E-state index in [9.17, 15) is 24.5 Å². The maximum Gasteiger partial charge on any atom is 0.270 e. The van der Waals surface area contributed by atoms with Gasteiger partial charge in [0.2, 0.25) is 5.91 Å². The maximum atomic E-state index is 12.6. The number of nitro benzene ring substituents is 1. The molecule has 0 bridgehead atoms. The molecule has 0 spiro atoms. The van der Waals surface area contributed by atoms with Crippen LogP contribution in [0.15, 0.2) is 42.5 Å². The lowest BCUT2D eigenvalue weighted by Crippen LogP contribution is -2.40.